The fraction of sp³-hybridized carbons (Fsp3) is 0.286. The van der Waals surface area contributed by atoms with Crippen molar-refractivity contribution in [2.24, 2.45) is 0 Å². The summed E-state index contributed by atoms with van der Waals surface area (Å²) in [5.74, 6) is 0.143. The van der Waals surface area contributed by atoms with Gasteiger partial charge in [-0.1, -0.05) is 53.0 Å². The molecule has 1 fully saturated rings. The molecular formula is C14H11BrCl3N3O. The number of aromatic nitrogens is 2. The van der Waals surface area contributed by atoms with Crippen molar-refractivity contribution in [3.05, 3.63) is 40.5 Å². The molecule has 0 unspecified atom stereocenters. The molecule has 8 heteroatoms. The number of hydrogen-bond acceptors (Lipinski definition) is 2. The summed E-state index contributed by atoms with van der Waals surface area (Å²) in [6, 6.07) is 9.47. The van der Waals surface area contributed by atoms with Crippen LogP contribution in [-0.2, 0) is 4.79 Å². The second kappa shape index (κ2) is 6.04. The van der Waals surface area contributed by atoms with E-state index < -0.39 is 9.70 Å². The first-order valence-electron chi connectivity index (χ1n) is 6.60. The molecule has 1 aromatic heterocycles. The second-order valence-corrected chi connectivity index (χ2v) is 8.10. The van der Waals surface area contributed by atoms with E-state index in [0.29, 0.717) is 11.7 Å². The Morgan fingerprint density at radius 2 is 1.91 bits per heavy atom. The van der Waals surface area contributed by atoms with Gasteiger partial charge in [-0.2, -0.15) is 5.10 Å². The van der Waals surface area contributed by atoms with E-state index in [1.165, 1.54) is 0 Å². The topological polar surface area (TPSA) is 46.9 Å². The number of alkyl halides is 3. The summed E-state index contributed by atoms with van der Waals surface area (Å²) >= 11 is 20.4. The van der Waals surface area contributed by atoms with Crippen LogP contribution < -0.4 is 5.32 Å². The lowest BCUT2D eigenvalue weighted by molar-refractivity contribution is -0.115. The minimum Gasteiger partial charge on any atom is -0.306 e. The van der Waals surface area contributed by atoms with Crippen LogP contribution in [0, 0.1) is 0 Å². The van der Waals surface area contributed by atoms with Crippen LogP contribution in [0.1, 0.15) is 24.5 Å². The Bertz CT molecular complexity index is 708. The van der Waals surface area contributed by atoms with Gasteiger partial charge in [0.15, 0.2) is 5.82 Å². The maximum atomic E-state index is 12.0. The molecule has 1 saturated carbocycles. The second-order valence-electron chi connectivity index (χ2n) is 5.02. The lowest BCUT2D eigenvalue weighted by Gasteiger charge is -2.13. The average molecular weight is 424 g/mol. The molecule has 0 saturated heterocycles. The number of nitrogens with zero attached hydrogens (tertiary/aromatic N) is 2. The fourth-order valence-corrected chi connectivity index (χ4v) is 2.89. The molecule has 4 nitrogen and oxygen atoms in total. The Balaban J connectivity index is 2.05. The molecule has 3 rings (SSSR count). The van der Waals surface area contributed by atoms with Crippen LogP contribution in [0.4, 0.5) is 5.82 Å². The summed E-state index contributed by atoms with van der Waals surface area (Å²) in [7, 11) is 0. The molecule has 1 amide bonds. The summed E-state index contributed by atoms with van der Waals surface area (Å²) in [4.78, 5) is 12.0. The Hall–Kier alpha value is -0.750. The number of hydrogen-bond donors (Lipinski definition) is 1. The number of halogens is 4. The molecule has 0 bridgehead atoms. The highest BCUT2D eigenvalue weighted by Crippen LogP contribution is 2.45. The van der Waals surface area contributed by atoms with E-state index in [4.69, 9.17) is 34.8 Å². The van der Waals surface area contributed by atoms with E-state index in [-0.39, 0.29) is 0 Å². The van der Waals surface area contributed by atoms with Gasteiger partial charge in [0.2, 0.25) is 0 Å². The predicted molar refractivity (Wildman–Crippen MR) is 92.2 cm³/mol. The van der Waals surface area contributed by atoms with Gasteiger partial charge >= 0.3 is 0 Å². The molecule has 1 aromatic carbocycles. The number of nitrogens with one attached hydrogen (secondary N) is 1. The first kappa shape index (κ1) is 16.1. The van der Waals surface area contributed by atoms with E-state index in [0.717, 1.165) is 28.7 Å². The van der Waals surface area contributed by atoms with E-state index in [2.05, 4.69) is 26.3 Å². The number of carbonyl (C=O) groups excluding carboxylic acids is 1. The molecule has 0 spiro atoms. The van der Waals surface area contributed by atoms with Crippen LogP contribution >= 0.6 is 50.7 Å². The third-order valence-corrected chi connectivity index (χ3v) is 4.60. The van der Waals surface area contributed by atoms with E-state index >= 15 is 0 Å². The number of anilines is 1. The highest BCUT2D eigenvalue weighted by molar-refractivity contribution is 9.10. The Morgan fingerprint density at radius 1 is 1.27 bits per heavy atom. The van der Waals surface area contributed by atoms with Crippen molar-refractivity contribution >= 4 is 62.5 Å². The van der Waals surface area contributed by atoms with Crippen LogP contribution in [0.2, 0.25) is 0 Å². The van der Waals surface area contributed by atoms with Crippen molar-refractivity contribution < 1.29 is 4.79 Å². The van der Waals surface area contributed by atoms with Gasteiger partial charge < -0.3 is 5.32 Å². The maximum Gasteiger partial charge on any atom is 0.277 e. The molecule has 2 aromatic rings. The van der Waals surface area contributed by atoms with Crippen LogP contribution in [0.3, 0.4) is 0 Å². The molecule has 0 aliphatic heterocycles. The molecule has 0 atom stereocenters. The SMILES string of the molecule is O=C(Nc1c(Br)c(C2CC2)nn1-c1ccccc1)C(Cl)(Cl)Cl. The lowest BCUT2D eigenvalue weighted by Crippen LogP contribution is -2.28. The summed E-state index contributed by atoms with van der Waals surface area (Å²) in [6.07, 6.45) is 2.17. The lowest BCUT2D eigenvalue weighted by atomic mass is 10.3. The maximum absolute atomic E-state index is 12.0. The molecular weight excluding hydrogens is 412 g/mol. The van der Waals surface area contributed by atoms with Gasteiger partial charge in [-0.05, 0) is 40.9 Å². The number of benzene rings is 1. The van der Waals surface area contributed by atoms with E-state index in [1.54, 1.807) is 4.68 Å². The van der Waals surface area contributed by atoms with Crippen LogP contribution in [0.5, 0.6) is 0 Å². The molecule has 1 aliphatic carbocycles. The molecule has 1 N–H and O–H groups in total. The minimum atomic E-state index is -2.04. The Labute approximate surface area is 150 Å². The highest BCUT2D eigenvalue weighted by Gasteiger charge is 2.35. The standard InChI is InChI=1S/C14H11BrCl3N3O/c15-10-11(8-6-7-8)20-21(9-4-2-1-3-5-9)12(10)19-13(22)14(16,17)18/h1-5,8H,6-7H2,(H,19,22). The van der Waals surface area contributed by atoms with Crippen molar-refractivity contribution in [1.29, 1.82) is 0 Å². The van der Waals surface area contributed by atoms with Crippen LogP contribution in [0.25, 0.3) is 5.69 Å². The fourth-order valence-electron chi connectivity index (χ4n) is 2.08. The Kier molecular flexibility index (Phi) is 4.42. The molecule has 1 aliphatic rings. The monoisotopic (exact) mass is 421 g/mol. The summed E-state index contributed by atoms with van der Waals surface area (Å²) < 4.78 is 0.332. The number of para-hydroxylation sites is 1. The van der Waals surface area contributed by atoms with Crippen LogP contribution in [0.15, 0.2) is 34.8 Å². The quantitative estimate of drug-likeness (QED) is 0.720. The third-order valence-electron chi connectivity index (χ3n) is 3.31. The average Bonchev–Trinajstić information content (AvgIpc) is 3.26. The number of amides is 1. The van der Waals surface area contributed by atoms with Gasteiger partial charge in [-0.25, -0.2) is 4.68 Å². The van der Waals surface area contributed by atoms with Crippen molar-refractivity contribution in [1.82, 2.24) is 9.78 Å². The third kappa shape index (κ3) is 3.27. The smallest absolute Gasteiger partial charge is 0.277 e. The largest absolute Gasteiger partial charge is 0.306 e. The zero-order chi connectivity index (χ0) is 15.9. The molecule has 116 valence electrons. The van der Waals surface area contributed by atoms with Crippen molar-refractivity contribution in [3.8, 4) is 5.69 Å². The predicted octanol–water partition coefficient (Wildman–Crippen LogP) is 4.82. The van der Waals surface area contributed by atoms with Crippen molar-refractivity contribution in [2.45, 2.75) is 22.6 Å². The van der Waals surface area contributed by atoms with Gasteiger partial charge in [0.1, 0.15) is 0 Å². The van der Waals surface area contributed by atoms with Crippen molar-refractivity contribution in [2.75, 3.05) is 5.32 Å². The minimum absolute atomic E-state index is 0.405. The first-order valence-corrected chi connectivity index (χ1v) is 8.52. The summed E-state index contributed by atoms with van der Waals surface area (Å²) in [5, 5.41) is 7.24. The van der Waals surface area contributed by atoms with E-state index in [9.17, 15) is 4.79 Å². The van der Waals surface area contributed by atoms with Gasteiger partial charge in [0.25, 0.3) is 9.70 Å². The number of carbonyl (C=O) groups is 1. The first-order chi connectivity index (χ1) is 10.4. The highest BCUT2D eigenvalue weighted by atomic mass is 79.9. The van der Waals surface area contributed by atoms with E-state index in [1.807, 2.05) is 30.3 Å². The van der Waals surface area contributed by atoms with Gasteiger partial charge in [0, 0.05) is 5.92 Å². The molecule has 1 heterocycles. The normalized spacial score (nSPS) is 14.9. The van der Waals surface area contributed by atoms with Gasteiger partial charge in [0.05, 0.1) is 15.9 Å². The van der Waals surface area contributed by atoms with Gasteiger partial charge in [-0.15, -0.1) is 0 Å². The number of rotatable bonds is 3. The van der Waals surface area contributed by atoms with Gasteiger partial charge in [-0.3, -0.25) is 4.79 Å². The van der Waals surface area contributed by atoms with Crippen molar-refractivity contribution in [3.63, 3.8) is 0 Å². The summed E-state index contributed by atoms with van der Waals surface area (Å²) in [6.45, 7) is 0. The molecule has 22 heavy (non-hydrogen) atoms. The summed E-state index contributed by atoms with van der Waals surface area (Å²) in [5.41, 5.74) is 1.72. The Morgan fingerprint density at radius 3 is 2.45 bits per heavy atom. The zero-order valence-corrected chi connectivity index (χ0v) is 15.0. The zero-order valence-electron chi connectivity index (χ0n) is 11.2. The van der Waals surface area contributed by atoms with Crippen LogP contribution in [-0.4, -0.2) is 19.5 Å². The molecule has 0 radical (unpaired) electrons.